The van der Waals surface area contributed by atoms with Crippen LogP contribution in [-0.2, 0) is 0 Å². The maximum absolute atomic E-state index is 3.81. The van der Waals surface area contributed by atoms with E-state index in [0.29, 0.717) is 3.43 Å². The molecule has 0 nitrogen and oxygen atoms in total. The monoisotopic (exact) mass is 260 g/mol. The van der Waals surface area contributed by atoms with Crippen LogP contribution in [0.2, 0.25) is 3.43 Å². The predicted molar refractivity (Wildman–Crippen MR) is 57.2 cm³/mol. The van der Waals surface area contributed by atoms with Gasteiger partial charge in [-0.15, -0.1) is 0 Å². The van der Waals surface area contributed by atoms with Crippen LogP contribution in [0.15, 0.2) is 25.3 Å². The van der Waals surface area contributed by atoms with Crippen LogP contribution in [0.5, 0.6) is 0 Å². The Morgan fingerprint density at radius 1 is 1.27 bits per heavy atom. The van der Waals surface area contributed by atoms with Crippen LogP contribution in [0.1, 0.15) is 32.6 Å². The summed E-state index contributed by atoms with van der Waals surface area (Å²) in [5, 5.41) is 0. The predicted octanol–water partition coefficient (Wildman–Crippen LogP) is 2.46. The van der Waals surface area contributed by atoms with Crippen LogP contribution in [0.4, 0.5) is 0 Å². The van der Waals surface area contributed by atoms with E-state index in [0.717, 1.165) is 22.5 Å². The fourth-order valence-electron chi connectivity index (χ4n) is 1.59. The Kier molecular flexibility index (Phi) is 6.02. The number of rotatable bonds is 6. The Hall–Kier alpha value is 0.279. The first-order valence-electron chi connectivity index (χ1n) is 4.40. The van der Waals surface area contributed by atoms with E-state index in [1.165, 1.54) is 25.7 Å². The molecule has 0 aliphatic carbocycles. The summed E-state index contributed by atoms with van der Waals surface area (Å²) in [5.41, 5.74) is 0. The summed E-state index contributed by atoms with van der Waals surface area (Å²) in [6.07, 6.45) is 9.19. The number of hydrogen-bond acceptors (Lipinski definition) is 0. The van der Waals surface area contributed by atoms with E-state index in [9.17, 15) is 0 Å². The molecular weight excluding hydrogens is 239 g/mol. The standard InChI is InChI=1S/C10H17.Sn.3H/c1-4-7-10(8-5-2)9-6-3;;;;/h4-5H,1-2,6-9H2,3H3;;;;. The first kappa shape index (κ1) is 11.3. The van der Waals surface area contributed by atoms with Gasteiger partial charge in [-0.25, -0.2) is 0 Å². The Morgan fingerprint density at radius 3 is 2.00 bits per heavy atom. The van der Waals surface area contributed by atoms with E-state index < -0.39 is 0 Å². The van der Waals surface area contributed by atoms with E-state index in [-0.39, 0.29) is 0 Å². The van der Waals surface area contributed by atoms with Crippen molar-refractivity contribution in [3.8, 4) is 0 Å². The van der Waals surface area contributed by atoms with Gasteiger partial charge in [0.15, 0.2) is 0 Å². The molecule has 0 radical (unpaired) electrons. The Labute approximate surface area is 83.9 Å². The van der Waals surface area contributed by atoms with Crippen molar-refractivity contribution in [2.45, 2.75) is 36.0 Å². The molecule has 11 heavy (non-hydrogen) atoms. The van der Waals surface area contributed by atoms with Crippen LogP contribution in [0.25, 0.3) is 0 Å². The molecule has 0 saturated carbocycles. The molecule has 0 amide bonds. The molecule has 0 fully saturated rings. The molecule has 0 heterocycles. The SMILES string of the molecule is C=CC[C]([SnH3])(CC=C)CCC. The van der Waals surface area contributed by atoms with Gasteiger partial charge < -0.3 is 0 Å². The summed E-state index contributed by atoms with van der Waals surface area (Å²) in [6, 6.07) is 0. The molecule has 0 aromatic heterocycles. The second kappa shape index (κ2) is 5.87. The zero-order chi connectivity index (χ0) is 8.74. The molecule has 0 aliphatic rings. The molecular formula is C10H20Sn. The topological polar surface area (TPSA) is 0 Å². The van der Waals surface area contributed by atoms with Gasteiger partial charge in [-0.2, -0.15) is 0 Å². The molecule has 0 atom stereocenters. The summed E-state index contributed by atoms with van der Waals surface area (Å²) < 4.78 is 0.625. The van der Waals surface area contributed by atoms with Gasteiger partial charge in [0.05, 0.1) is 0 Å². The summed E-state index contributed by atoms with van der Waals surface area (Å²) in [7, 11) is 0. The van der Waals surface area contributed by atoms with E-state index in [1.807, 2.05) is 0 Å². The molecule has 1 heteroatoms. The van der Waals surface area contributed by atoms with Gasteiger partial charge in [-0.3, -0.25) is 0 Å². The molecule has 0 aromatic carbocycles. The van der Waals surface area contributed by atoms with Crippen molar-refractivity contribution in [2.75, 3.05) is 0 Å². The third-order valence-electron chi connectivity index (χ3n) is 2.13. The normalized spacial score (nSPS) is 11.4. The van der Waals surface area contributed by atoms with E-state index in [2.05, 4.69) is 32.2 Å². The van der Waals surface area contributed by atoms with Gasteiger partial charge >= 0.3 is 83.9 Å². The van der Waals surface area contributed by atoms with Crippen molar-refractivity contribution in [2.24, 2.45) is 0 Å². The third kappa shape index (κ3) is 4.67. The fourth-order valence-corrected chi connectivity index (χ4v) is 4.66. The number of hydrogen-bond donors (Lipinski definition) is 0. The number of allylic oxidation sites excluding steroid dienone is 2. The second-order valence-electron chi connectivity index (χ2n) is 3.55. The van der Waals surface area contributed by atoms with E-state index >= 15 is 0 Å². The van der Waals surface area contributed by atoms with Crippen LogP contribution in [0, 0.1) is 0 Å². The minimum absolute atomic E-state index is 0.625. The van der Waals surface area contributed by atoms with E-state index in [4.69, 9.17) is 0 Å². The molecule has 0 bridgehead atoms. The minimum atomic E-state index is 0.625. The van der Waals surface area contributed by atoms with Crippen LogP contribution >= 0.6 is 0 Å². The third-order valence-corrected chi connectivity index (χ3v) is 5.89. The zero-order valence-corrected chi connectivity index (χ0v) is 13.6. The maximum atomic E-state index is 3.81. The van der Waals surface area contributed by atoms with Gasteiger partial charge in [0.25, 0.3) is 0 Å². The van der Waals surface area contributed by atoms with Crippen molar-refractivity contribution < 1.29 is 0 Å². The van der Waals surface area contributed by atoms with E-state index in [1.54, 1.807) is 0 Å². The molecule has 0 aliphatic heterocycles. The zero-order valence-electron chi connectivity index (χ0n) is 7.90. The van der Waals surface area contributed by atoms with Gasteiger partial charge in [0.1, 0.15) is 0 Å². The quantitative estimate of drug-likeness (QED) is 0.507. The average Bonchev–Trinajstić information content (AvgIpc) is 1.88. The van der Waals surface area contributed by atoms with Crippen molar-refractivity contribution in [1.29, 1.82) is 0 Å². The fraction of sp³-hybridized carbons (Fsp3) is 0.600. The van der Waals surface area contributed by atoms with Crippen molar-refractivity contribution in [3.05, 3.63) is 25.3 Å². The van der Waals surface area contributed by atoms with Crippen molar-refractivity contribution >= 4 is 22.5 Å². The summed E-state index contributed by atoms with van der Waals surface area (Å²) in [6.45, 7) is 9.88. The van der Waals surface area contributed by atoms with Gasteiger partial charge in [0, 0.05) is 0 Å². The van der Waals surface area contributed by atoms with Crippen molar-refractivity contribution in [1.82, 2.24) is 0 Å². The second-order valence-corrected chi connectivity index (χ2v) is 9.60. The van der Waals surface area contributed by atoms with Gasteiger partial charge in [-0.05, 0) is 0 Å². The average molecular weight is 259 g/mol. The summed E-state index contributed by atoms with van der Waals surface area (Å²) in [4.78, 5) is 0. The first-order valence-corrected chi connectivity index (χ1v) is 7.25. The van der Waals surface area contributed by atoms with Crippen LogP contribution < -0.4 is 0 Å². The summed E-state index contributed by atoms with van der Waals surface area (Å²) in [5.74, 6) is 0. The Balaban J connectivity index is 3.98. The molecule has 0 rings (SSSR count). The molecule has 0 aromatic rings. The van der Waals surface area contributed by atoms with Crippen LogP contribution in [-0.4, -0.2) is 22.5 Å². The molecule has 0 saturated heterocycles. The molecule has 64 valence electrons. The molecule has 0 spiro atoms. The van der Waals surface area contributed by atoms with Crippen LogP contribution in [0.3, 0.4) is 0 Å². The van der Waals surface area contributed by atoms with Gasteiger partial charge in [-0.1, -0.05) is 0 Å². The van der Waals surface area contributed by atoms with Crippen molar-refractivity contribution in [3.63, 3.8) is 0 Å². The summed E-state index contributed by atoms with van der Waals surface area (Å²) >= 11 is 0.717. The van der Waals surface area contributed by atoms with Gasteiger partial charge in [0.2, 0.25) is 0 Å². The Morgan fingerprint density at radius 2 is 1.73 bits per heavy atom. The molecule has 0 unspecified atom stereocenters. The first-order chi connectivity index (χ1) is 5.18. The molecule has 0 N–H and O–H groups in total. The Bertz CT molecular complexity index is 117.